The number of pyridine rings is 1. The standard InChI is InChI=1S/C18H19N3O2/c1-12-5-4-10-21-16(13(2)19-18(12)21)11-17(22)20-14-6-8-15(23-3)9-7-14/h4-10H,11H2,1-3H3,(H,20,22). The van der Waals surface area contributed by atoms with Crippen molar-refractivity contribution in [2.75, 3.05) is 12.4 Å². The highest BCUT2D eigenvalue weighted by Crippen LogP contribution is 2.18. The lowest BCUT2D eigenvalue weighted by Crippen LogP contribution is -2.16. The van der Waals surface area contributed by atoms with Crippen molar-refractivity contribution in [3.8, 4) is 5.75 Å². The Kier molecular flexibility index (Phi) is 4.02. The number of fused-ring (bicyclic) bond motifs is 1. The van der Waals surface area contributed by atoms with Gasteiger partial charge in [-0.2, -0.15) is 0 Å². The SMILES string of the molecule is COc1ccc(NC(=O)Cc2c(C)nc3c(C)cccn23)cc1. The Labute approximate surface area is 134 Å². The zero-order valence-corrected chi connectivity index (χ0v) is 13.5. The van der Waals surface area contributed by atoms with E-state index in [1.54, 1.807) is 7.11 Å². The Bertz CT molecular complexity index is 851. The van der Waals surface area contributed by atoms with E-state index < -0.39 is 0 Å². The highest BCUT2D eigenvalue weighted by atomic mass is 16.5. The molecule has 3 rings (SSSR count). The predicted molar refractivity (Wildman–Crippen MR) is 90.0 cm³/mol. The number of nitrogens with one attached hydrogen (secondary N) is 1. The quantitative estimate of drug-likeness (QED) is 0.805. The number of benzene rings is 1. The van der Waals surface area contributed by atoms with Gasteiger partial charge in [0.05, 0.1) is 24.9 Å². The number of hydrogen-bond acceptors (Lipinski definition) is 3. The minimum absolute atomic E-state index is 0.0680. The van der Waals surface area contributed by atoms with Gasteiger partial charge >= 0.3 is 0 Å². The molecule has 0 atom stereocenters. The number of aromatic nitrogens is 2. The second kappa shape index (κ2) is 6.12. The molecular formula is C18H19N3O2. The number of methoxy groups -OCH3 is 1. The molecule has 0 aliphatic carbocycles. The lowest BCUT2D eigenvalue weighted by Gasteiger charge is -2.07. The van der Waals surface area contributed by atoms with E-state index in [0.29, 0.717) is 0 Å². The van der Waals surface area contributed by atoms with E-state index in [1.807, 2.05) is 60.8 Å². The van der Waals surface area contributed by atoms with Crippen molar-refractivity contribution in [2.45, 2.75) is 20.3 Å². The summed E-state index contributed by atoms with van der Waals surface area (Å²) in [6.45, 7) is 3.95. The number of aryl methyl sites for hydroxylation is 2. The van der Waals surface area contributed by atoms with Crippen molar-refractivity contribution >= 4 is 17.2 Å². The Morgan fingerprint density at radius 1 is 1.22 bits per heavy atom. The van der Waals surface area contributed by atoms with Crippen LogP contribution in [0.4, 0.5) is 5.69 Å². The molecule has 5 heteroatoms. The average molecular weight is 309 g/mol. The third kappa shape index (κ3) is 3.04. The monoisotopic (exact) mass is 309 g/mol. The number of ether oxygens (including phenoxy) is 1. The molecule has 0 unspecified atom stereocenters. The normalized spacial score (nSPS) is 10.7. The van der Waals surface area contributed by atoms with Crippen molar-refractivity contribution in [3.63, 3.8) is 0 Å². The number of anilines is 1. The van der Waals surface area contributed by atoms with E-state index in [2.05, 4.69) is 10.3 Å². The first-order valence-electron chi connectivity index (χ1n) is 7.45. The van der Waals surface area contributed by atoms with Gasteiger partial charge in [0.1, 0.15) is 11.4 Å². The molecule has 0 saturated heterocycles. The number of amides is 1. The first-order chi connectivity index (χ1) is 11.1. The maximum absolute atomic E-state index is 12.3. The zero-order valence-electron chi connectivity index (χ0n) is 13.5. The molecule has 23 heavy (non-hydrogen) atoms. The lowest BCUT2D eigenvalue weighted by atomic mass is 10.2. The number of hydrogen-bond donors (Lipinski definition) is 1. The van der Waals surface area contributed by atoms with E-state index in [-0.39, 0.29) is 12.3 Å². The summed E-state index contributed by atoms with van der Waals surface area (Å²) in [7, 11) is 1.61. The van der Waals surface area contributed by atoms with Crippen molar-refractivity contribution in [1.29, 1.82) is 0 Å². The van der Waals surface area contributed by atoms with Gasteiger partial charge < -0.3 is 14.5 Å². The Hall–Kier alpha value is -2.82. The van der Waals surface area contributed by atoms with Crippen molar-refractivity contribution in [1.82, 2.24) is 9.38 Å². The van der Waals surface area contributed by atoms with Crippen LogP contribution in [0.3, 0.4) is 0 Å². The molecule has 0 fully saturated rings. The molecule has 2 heterocycles. The molecule has 0 spiro atoms. The van der Waals surface area contributed by atoms with E-state index in [4.69, 9.17) is 4.74 Å². The molecule has 0 saturated carbocycles. The topological polar surface area (TPSA) is 55.6 Å². The average Bonchev–Trinajstić information content (AvgIpc) is 2.86. The Morgan fingerprint density at radius 3 is 2.65 bits per heavy atom. The number of rotatable bonds is 4. The minimum atomic E-state index is -0.0680. The number of carbonyl (C=O) groups is 1. The third-order valence-electron chi connectivity index (χ3n) is 3.85. The number of carbonyl (C=O) groups excluding carboxylic acids is 1. The van der Waals surface area contributed by atoms with Gasteiger partial charge in [-0.15, -0.1) is 0 Å². The number of imidazole rings is 1. The van der Waals surface area contributed by atoms with Gasteiger partial charge in [0.25, 0.3) is 0 Å². The molecule has 0 bridgehead atoms. The van der Waals surface area contributed by atoms with Crippen LogP contribution in [-0.2, 0) is 11.2 Å². The van der Waals surface area contributed by atoms with E-state index in [9.17, 15) is 4.79 Å². The number of nitrogens with zero attached hydrogens (tertiary/aromatic N) is 2. The maximum atomic E-state index is 12.3. The van der Waals surface area contributed by atoms with Crippen LogP contribution < -0.4 is 10.1 Å². The van der Waals surface area contributed by atoms with Gasteiger partial charge in [0.2, 0.25) is 5.91 Å². The summed E-state index contributed by atoms with van der Waals surface area (Å²) in [4.78, 5) is 16.9. The third-order valence-corrected chi connectivity index (χ3v) is 3.85. The fourth-order valence-corrected chi connectivity index (χ4v) is 2.61. The summed E-state index contributed by atoms with van der Waals surface area (Å²) in [6.07, 6.45) is 2.22. The lowest BCUT2D eigenvalue weighted by molar-refractivity contribution is -0.115. The fourth-order valence-electron chi connectivity index (χ4n) is 2.61. The van der Waals surface area contributed by atoms with Crippen LogP contribution in [0.25, 0.3) is 5.65 Å². The molecule has 0 aliphatic heterocycles. The van der Waals surface area contributed by atoms with Crippen molar-refractivity contribution in [3.05, 3.63) is 59.5 Å². The second-order valence-electron chi connectivity index (χ2n) is 5.48. The summed E-state index contributed by atoms with van der Waals surface area (Å²) in [5.41, 5.74) is 4.53. The molecule has 0 aliphatic rings. The smallest absolute Gasteiger partial charge is 0.230 e. The van der Waals surface area contributed by atoms with Gasteiger partial charge in [-0.25, -0.2) is 4.98 Å². The van der Waals surface area contributed by atoms with Crippen LogP contribution in [0, 0.1) is 13.8 Å². The largest absolute Gasteiger partial charge is 0.497 e. The molecule has 5 nitrogen and oxygen atoms in total. The van der Waals surface area contributed by atoms with E-state index in [1.165, 1.54) is 0 Å². The van der Waals surface area contributed by atoms with E-state index in [0.717, 1.165) is 34.0 Å². The molecule has 1 amide bonds. The van der Waals surface area contributed by atoms with Gasteiger partial charge in [-0.1, -0.05) is 6.07 Å². The van der Waals surface area contributed by atoms with Gasteiger partial charge in [0, 0.05) is 11.9 Å². The molecule has 3 aromatic rings. The highest BCUT2D eigenvalue weighted by Gasteiger charge is 2.14. The van der Waals surface area contributed by atoms with Crippen LogP contribution in [-0.4, -0.2) is 22.4 Å². The molecule has 2 aromatic heterocycles. The summed E-state index contributed by atoms with van der Waals surface area (Å²) >= 11 is 0. The van der Waals surface area contributed by atoms with Crippen molar-refractivity contribution < 1.29 is 9.53 Å². The minimum Gasteiger partial charge on any atom is -0.497 e. The summed E-state index contributed by atoms with van der Waals surface area (Å²) in [5.74, 6) is 0.692. The zero-order chi connectivity index (χ0) is 16.4. The highest BCUT2D eigenvalue weighted by molar-refractivity contribution is 5.92. The van der Waals surface area contributed by atoms with Crippen molar-refractivity contribution in [2.24, 2.45) is 0 Å². The van der Waals surface area contributed by atoms with Crippen LogP contribution in [0.2, 0.25) is 0 Å². The van der Waals surface area contributed by atoms with E-state index >= 15 is 0 Å². The van der Waals surface area contributed by atoms with Crippen LogP contribution in [0.1, 0.15) is 17.0 Å². The first-order valence-corrected chi connectivity index (χ1v) is 7.45. The summed E-state index contributed by atoms with van der Waals surface area (Å²) in [5, 5.41) is 2.90. The van der Waals surface area contributed by atoms with Crippen LogP contribution in [0.15, 0.2) is 42.6 Å². The molecule has 118 valence electrons. The predicted octanol–water partition coefficient (Wildman–Crippen LogP) is 3.14. The van der Waals surface area contributed by atoms with Gasteiger partial charge in [-0.05, 0) is 49.7 Å². The maximum Gasteiger partial charge on any atom is 0.230 e. The van der Waals surface area contributed by atoms with Gasteiger partial charge in [0.15, 0.2) is 0 Å². The summed E-state index contributed by atoms with van der Waals surface area (Å²) < 4.78 is 7.09. The molecular weight excluding hydrogens is 290 g/mol. The molecule has 1 N–H and O–H groups in total. The van der Waals surface area contributed by atoms with Gasteiger partial charge in [-0.3, -0.25) is 4.79 Å². The van der Waals surface area contributed by atoms with Crippen LogP contribution in [0.5, 0.6) is 5.75 Å². The van der Waals surface area contributed by atoms with Crippen LogP contribution >= 0.6 is 0 Å². The molecule has 0 radical (unpaired) electrons. The first kappa shape index (κ1) is 15.1. The molecule has 1 aromatic carbocycles. The second-order valence-corrected chi connectivity index (χ2v) is 5.48. The Morgan fingerprint density at radius 2 is 1.96 bits per heavy atom. The fraction of sp³-hybridized carbons (Fsp3) is 0.222. The Balaban J connectivity index is 1.80. The summed E-state index contributed by atoms with van der Waals surface area (Å²) in [6, 6.07) is 11.3.